The average Bonchev–Trinajstić information content (AvgIpc) is 3.53. The van der Waals surface area contributed by atoms with Gasteiger partial charge in [0.15, 0.2) is 0 Å². The topological polar surface area (TPSA) is 107 Å². The number of benzene rings is 1. The fourth-order valence-corrected chi connectivity index (χ4v) is 3.82. The van der Waals surface area contributed by atoms with Crippen molar-refractivity contribution in [3.8, 4) is 17.1 Å². The Morgan fingerprint density at radius 2 is 2.00 bits per heavy atom. The van der Waals surface area contributed by atoms with Gasteiger partial charge in [0.05, 0.1) is 5.69 Å². The summed E-state index contributed by atoms with van der Waals surface area (Å²) in [6.07, 6.45) is 7.30. The summed E-state index contributed by atoms with van der Waals surface area (Å²) in [5.74, 6) is 1.11. The number of pyridine rings is 2. The molecule has 9 heteroatoms. The molecule has 0 aliphatic rings. The number of ether oxygens (including phenoxy) is 1. The third kappa shape index (κ3) is 5.10. The summed E-state index contributed by atoms with van der Waals surface area (Å²) in [4.78, 5) is 26.3. The molecule has 9 nitrogen and oxygen atoms in total. The normalized spacial score (nSPS) is 12.1. The van der Waals surface area contributed by atoms with Crippen LogP contribution in [0.25, 0.3) is 17.0 Å². The van der Waals surface area contributed by atoms with Crippen molar-refractivity contribution in [2.24, 2.45) is 5.92 Å². The van der Waals surface area contributed by atoms with Gasteiger partial charge in [0.2, 0.25) is 11.7 Å². The Kier molecular flexibility index (Phi) is 6.44. The Labute approximate surface area is 208 Å². The number of fused-ring (bicyclic) bond motifs is 1. The van der Waals surface area contributed by atoms with E-state index in [9.17, 15) is 4.79 Å². The zero-order valence-corrected chi connectivity index (χ0v) is 20.3. The van der Waals surface area contributed by atoms with Crippen molar-refractivity contribution >= 4 is 11.6 Å². The van der Waals surface area contributed by atoms with Gasteiger partial charge in [0, 0.05) is 35.9 Å². The Morgan fingerprint density at radius 1 is 1.11 bits per heavy atom. The summed E-state index contributed by atoms with van der Waals surface area (Å²) in [5, 5.41) is 7.07. The number of carbonyl (C=O) groups is 1. The predicted molar refractivity (Wildman–Crippen MR) is 133 cm³/mol. The van der Waals surface area contributed by atoms with E-state index in [2.05, 4.69) is 25.4 Å². The van der Waals surface area contributed by atoms with Gasteiger partial charge in [-0.1, -0.05) is 31.1 Å². The number of hydrogen-bond donors (Lipinski definition) is 1. The van der Waals surface area contributed by atoms with Crippen LogP contribution in [0.1, 0.15) is 47.4 Å². The number of hydrogen-bond acceptors (Lipinski definition) is 7. The Hall–Kier alpha value is -4.53. The molecule has 0 radical (unpaired) electrons. The van der Waals surface area contributed by atoms with E-state index in [0.29, 0.717) is 29.6 Å². The fraction of sp³-hybridized carbons (Fsp3) is 0.222. The highest BCUT2D eigenvalue weighted by molar-refractivity contribution is 5.94. The molecular weight excluding hydrogens is 456 g/mol. The molecule has 0 bridgehead atoms. The van der Waals surface area contributed by atoms with Crippen molar-refractivity contribution in [2.45, 2.75) is 33.4 Å². The van der Waals surface area contributed by atoms with Crippen LogP contribution >= 0.6 is 0 Å². The number of amides is 1. The molecule has 0 spiro atoms. The van der Waals surface area contributed by atoms with Crippen molar-refractivity contribution in [1.82, 2.24) is 29.8 Å². The number of nitrogens with one attached hydrogen (secondary N) is 1. The molecule has 5 rings (SSSR count). The minimum absolute atomic E-state index is 0.0225. The highest BCUT2D eigenvalue weighted by Crippen LogP contribution is 2.24. The first-order chi connectivity index (χ1) is 17.5. The van der Waals surface area contributed by atoms with E-state index < -0.39 is 6.04 Å². The van der Waals surface area contributed by atoms with Gasteiger partial charge in [-0.05, 0) is 54.8 Å². The monoisotopic (exact) mass is 482 g/mol. The SMILES string of the molecule is Cc1ccc2nc(COc3cccc(C(=O)NC(c4nc(-c5cccnc5)no4)C(C)C)c3)cn2c1. The summed E-state index contributed by atoms with van der Waals surface area (Å²) in [6.45, 7) is 6.29. The molecule has 5 aromatic rings. The van der Waals surface area contributed by atoms with Crippen LogP contribution in [-0.2, 0) is 6.61 Å². The molecule has 4 aromatic heterocycles. The van der Waals surface area contributed by atoms with Gasteiger partial charge in [0.1, 0.15) is 24.0 Å². The Bertz CT molecular complexity index is 1490. The van der Waals surface area contributed by atoms with E-state index in [1.807, 2.05) is 61.8 Å². The lowest BCUT2D eigenvalue weighted by molar-refractivity contribution is 0.0913. The second-order valence-electron chi connectivity index (χ2n) is 8.91. The number of nitrogens with zero attached hydrogens (tertiary/aromatic N) is 5. The minimum atomic E-state index is -0.457. The molecule has 182 valence electrons. The van der Waals surface area contributed by atoms with E-state index in [0.717, 1.165) is 22.5 Å². The summed E-state index contributed by atoms with van der Waals surface area (Å²) in [5.41, 5.74) is 4.03. The lowest BCUT2D eigenvalue weighted by Gasteiger charge is -2.18. The summed E-state index contributed by atoms with van der Waals surface area (Å²) >= 11 is 0. The molecule has 0 fully saturated rings. The smallest absolute Gasteiger partial charge is 0.252 e. The first-order valence-electron chi connectivity index (χ1n) is 11.7. The molecule has 1 N–H and O–H groups in total. The summed E-state index contributed by atoms with van der Waals surface area (Å²) in [6, 6.07) is 14.2. The maximum Gasteiger partial charge on any atom is 0.252 e. The standard InChI is InChI=1S/C27H26N6O3/c1-17(2)24(27-31-25(32-36-27)20-7-5-11-28-13-20)30-26(34)19-6-4-8-22(12-19)35-16-21-15-33-14-18(3)9-10-23(33)29-21/h4-15,17,24H,16H2,1-3H3,(H,30,34). The summed E-state index contributed by atoms with van der Waals surface area (Å²) < 4.78 is 13.4. The van der Waals surface area contributed by atoms with Crippen LogP contribution in [0.5, 0.6) is 5.75 Å². The first-order valence-corrected chi connectivity index (χ1v) is 11.7. The zero-order valence-electron chi connectivity index (χ0n) is 20.3. The molecule has 0 aliphatic carbocycles. The molecular formula is C27H26N6O3. The molecule has 0 saturated heterocycles. The van der Waals surface area contributed by atoms with Crippen LogP contribution in [0.3, 0.4) is 0 Å². The number of aryl methyl sites for hydroxylation is 1. The molecule has 4 heterocycles. The Balaban J connectivity index is 1.27. The van der Waals surface area contributed by atoms with Gasteiger partial charge in [-0.25, -0.2) is 4.98 Å². The third-order valence-corrected chi connectivity index (χ3v) is 5.71. The van der Waals surface area contributed by atoms with E-state index in [1.54, 1.807) is 36.7 Å². The van der Waals surface area contributed by atoms with E-state index in [4.69, 9.17) is 9.26 Å². The summed E-state index contributed by atoms with van der Waals surface area (Å²) in [7, 11) is 0. The van der Waals surface area contributed by atoms with Gasteiger partial charge in [-0.2, -0.15) is 4.98 Å². The van der Waals surface area contributed by atoms with Gasteiger partial charge < -0.3 is 19.0 Å². The predicted octanol–water partition coefficient (Wildman–Crippen LogP) is 4.79. The van der Waals surface area contributed by atoms with Crippen molar-refractivity contribution < 1.29 is 14.1 Å². The van der Waals surface area contributed by atoms with Crippen LogP contribution in [0.15, 0.2) is 77.8 Å². The highest BCUT2D eigenvalue weighted by Gasteiger charge is 2.25. The van der Waals surface area contributed by atoms with Gasteiger partial charge >= 0.3 is 0 Å². The number of aromatic nitrogens is 5. The van der Waals surface area contributed by atoms with Crippen LogP contribution in [0.4, 0.5) is 0 Å². The third-order valence-electron chi connectivity index (χ3n) is 5.71. The molecule has 36 heavy (non-hydrogen) atoms. The van der Waals surface area contributed by atoms with Gasteiger partial charge in [-0.3, -0.25) is 9.78 Å². The lowest BCUT2D eigenvalue weighted by atomic mass is 10.0. The van der Waals surface area contributed by atoms with Crippen LogP contribution < -0.4 is 10.1 Å². The maximum absolute atomic E-state index is 13.1. The average molecular weight is 483 g/mol. The van der Waals surface area contributed by atoms with E-state index >= 15 is 0 Å². The zero-order chi connectivity index (χ0) is 25.1. The molecule has 1 aromatic carbocycles. The van der Waals surface area contributed by atoms with E-state index in [1.165, 1.54) is 0 Å². The van der Waals surface area contributed by atoms with Gasteiger partial charge in [0.25, 0.3) is 5.91 Å². The van der Waals surface area contributed by atoms with Crippen LogP contribution in [-0.4, -0.2) is 30.4 Å². The van der Waals surface area contributed by atoms with E-state index in [-0.39, 0.29) is 11.8 Å². The molecule has 1 atom stereocenters. The van der Waals surface area contributed by atoms with Crippen LogP contribution in [0.2, 0.25) is 0 Å². The molecule has 1 amide bonds. The number of imidazole rings is 1. The fourth-order valence-electron chi connectivity index (χ4n) is 3.82. The number of carbonyl (C=O) groups excluding carboxylic acids is 1. The first kappa shape index (κ1) is 23.2. The number of rotatable bonds is 8. The van der Waals surface area contributed by atoms with Crippen molar-refractivity contribution in [2.75, 3.05) is 0 Å². The Morgan fingerprint density at radius 3 is 2.81 bits per heavy atom. The second kappa shape index (κ2) is 9.99. The van der Waals surface area contributed by atoms with Crippen LogP contribution in [0, 0.1) is 12.8 Å². The molecule has 1 unspecified atom stereocenters. The lowest BCUT2D eigenvalue weighted by Crippen LogP contribution is -2.32. The largest absolute Gasteiger partial charge is 0.487 e. The van der Waals surface area contributed by atoms with Crippen molar-refractivity contribution in [1.29, 1.82) is 0 Å². The van der Waals surface area contributed by atoms with Crippen molar-refractivity contribution in [3.05, 3.63) is 96.0 Å². The molecule has 0 saturated carbocycles. The highest BCUT2D eigenvalue weighted by atomic mass is 16.5. The quantitative estimate of drug-likeness (QED) is 0.339. The minimum Gasteiger partial charge on any atom is -0.487 e. The maximum atomic E-state index is 13.1. The van der Waals surface area contributed by atoms with Crippen molar-refractivity contribution in [3.63, 3.8) is 0 Å². The molecule has 0 aliphatic heterocycles. The second-order valence-corrected chi connectivity index (χ2v) is 8.91. The van der Waals surface area contributed by atoms with Gasteiger partial charge in [-0.15, -0.1) is 0 Å².